The predicted octanol–water partition coefficient (Wildman–Crippen LogP) is 5.59. The standard InChI is InChI=1S/C25H23N3O4/c1-16-4-6-17(7-5-16)15-31-21-11-10-18-13-20(9-8-19(18)14-21)23-26-24(32-27-23)22-3-2-12-28(22)25(29)30/h4-11,13-14,22H,2-3,12,15H2,1H3,(H,29,30)/t22-/m0/s1. The molecule has 32 heavy (non-hydrogen) atoms. The maximum Gasteiger partial charge on any atom is 0.407 e. The van der Waals surface area contributed by atoms with Gasteiger partial charge in [0.05, 0.1) is 0 Å². The predicted molar refractivity (Wildman–Crippen MR) is 119 cm³/mol. The van der Waals surface area contributed by atoms with Gasteiger partial charge in [-0.15, -0.1) is 0 Å². The number of ether oxygens (including phenoxy) is 1. The van der Waals surface area contributed by atoms with E-state index >= 15 is 0 Å². The number of carboxylic acid groups (broad SMARTS) is 1. The van der Waals surface area contributed by atoms with Crippen LogP contribution in [-0.4, -0.2) is 32.8 Å². The number of aryl methyl sites for hydroxylation is 1. The van der Waals surface area contributed by atoms with Gasteiger partial charge in [-0.25, -0.2) is 4.79 Å². The number of nitrogens with zero attached hydrogens (tertiary/aromatic N) is 3. The van der Waals surface area contributed by atoms with Crippen molar-refractivity contribution in [3.63, 3.8) is 0 Å². The Balaban J connectivity index is 1.33. The SMILES string of the molecule is Cc1ccc(COc2ccc3cc(-c4noc([C@@H]5CCCN5C(=O)O)n4)ccc3c2)cc1. The van der Waals surface area contributed by atoms with Crippen molar-refractivity contribution in [1.29, 1.82) is 0 Å². The molecule has 5 rings (SSSR count). The molecule has 0 aliphatic carbocycles. The van der Waals surface area contributed by atoms with Crippen molar-refractivity contribution in [3.05, 3.63) is 77.7 Å². The van der Waals surface area contributed by atoms with Crippen LogP contribution in [0.5, 0.6) is 5.75 Å². The Morgan fingerprint density at radius 1 is 1.12 bits per heavy atom. The summed E-state index contributed by atoms with van der Waals surface area (Å²) in [7, 11) is 0. The van der Waals surface area contributed by atoms with E-state index in [0.29, 0.717) is 31.3 Å². The number of hydrogen-bond acceptors (Lipinski definition) is 5. The topological polar surface area (TPSA) is 88.7 Å². The Kier molecular flexibility index (Phi) is 5.23. The lowest BCUT2D eigenvalue weighted by Gasteiger charge is -2.17. The Hall–Kier alpha value is -3.87. The summed E-state index contributed by atoms with van der Waals surface area (Å²) in [6, 6.07) is 19.8. The molecule has 1 aromatic heterocycles. The molecule has 7 nitrogen and oxygen atoms in total. The van der Waals surface area contributed by atoms with Crippen molar-refractivity contribution in [1.82, 2.24) is 15.0 Å². The van der Waals surface area contributed by atoms with E-state index in [4.69, 9.17) is 9.26 Å². The van der Waals surface area contributed by atoms with E-state index in [1.807, 2.05) is 36.4 Å². The molecule has 0 bridgehead atoms. The maximum absolute atomic E-state index is 11.4. The fraction of sp³-hybridized carbons (Fsp3) is 0.240. The normalized spacial score (nSPS) is 15.9. The summed E-state index contributed by atoms with van der Waals surface area (Å²) in [6.07, 6.45) is 0.522. The first-order valence-corrected chi connectivity index (χ1v) is 10.6. The van der Waals surface area contributed by atoms with Crippen LogP contribution in [0.3, 0.4) is 0 Å². The zero-order valence-electron chi connectivity index (χ0n) is 17.7. The van der Waals surface area contributed by atoms with Crippen molar-refractivity contribution in [2.45, 2.75) is 32.4 Å². The van der Waals surface area contributed by atoms with E-state index in [1.165, 1.54) is 10.5 Å². The third-order valence-electron chi connectivity index (χ3n) is 5.82. The second-order valence-electron chi connectivity index (χ2n) is 8.09. The van der Waals surface area contributed by atoms with E-state index in [1.54, 1.807) is 0 Å². The van der Waals surface area contributed by atoms with Gasteiger partial charge in [0.15, 0.2) is 0 Å². The zero-order chi connectivity index (χ0) is 22.1. The van der Waals surface area contributed by atoms with Crippen LogP contribution in [0.15, 0.2) is 65.2 Å². The second kappa shape index (κ2) is 8.34. The van der Waals surface area contributed by atoms with Crippen LogP contribution in [0.1, 0.15) is 35.9 Å². The zero-order valence-corrected chi connectivity index (χ0v) is 17.7. The fourth-order valence-electron chi connectivity index (χ4n) is 4.04. The molecule has 2 heterocycles. The number of aromatic nitrogens is 2. The van der Waals surface area contributed by atoms with E-state index in [9.17, 15) is 9.90 Å². The van der Waals surface area contributed by atoms with E-state index in [-0.39, 0.29) is 6.04 Å². The molecule has 3 aromatic carbocycles. The minimum absolute atomic E-state index is 0.347. The molecule has 0 unspecified atom stereocenters. The van der Waals surface area contributed by atoms with Crippen molar-refractivity contribution in [2.24, 2.45) is 0 Å². The first-order valence-electron chi connectivity index (χ1n) is 10.6. The third-order valence-corrected chi connectivity index (χ3v) is 5.82. The molecule has 1 amide bonds. The van der Waals surface area contributed by atoms with Gasteiger partial charge in [-0.05, 0) is 54.3 Å². The number of carbonyl (C=O) groups is 1. The van der Waals surface area contributed by atoms with Crippen LogP contribution in [0.4, 0.5) is 4.79 Å². The smallest absolute Gasteiger partial charge is 0.407 e. The second-order valence-corrected chi connectivity index (χ2v) is 8.09. The summed E-state index contributed by atoms with van der Waals surface area (Å²) >= 11 is 0. The Labute approximate surface area is 185 Å². The Morgan fingerprint density at radius 3 is 2.72 bits per heavy atom. The molecular weight excluding hydrogens is 406 g/mol. The van der Waals surface area contributed by atoms with Gasteiger partial charge >= 0.3 is 6.09 Å². The van der Waals surface area contributed by atoms with Crippen LogP contribution < -0.4 is 4.74 Å². The molecule has 1 aliphatic heterocycles. The monoisotopic (exact) mass is 429 g/mol. The van der Waals surface area contributed by atoms with Gasteiger partial charge in [-0.3, -0.25) is 4.90 Å². The molecule has 1 aliphatic rings. The van der Waals surface area contributed by atoms with Gasteiger partial charge in [-0.2, -0.15) is 4.98 Å². The lowest BCUT2D eigenvalue weighted by Crippen LogP contribution is -2.28. The molecule has 4 aromatic rings. The number of fused-ring (bicyclic) bond motifs is 1. The summed E-state index contributed by atoms with van der Waals surface area (Å²) < 4.78 is 11.4. The van der Waals surface area contributed by atoms with Crippen molar-refractivity contribution >= 4 is 16.9 Å². The van der Waals surface area contributed by atoms with Crippen molar-refractivity contribution < 1.29 is 19.2 Å². The molecular formula is C25H23N3O4. The van der Waals surface area contributed by atoms with Crippen LogP contribution in [0, 0.1) is 6.92 Å². The Bertz CT molecular complexity index is 1270. The van der Waals surface area contributed by atoms with Gasteiger partial charge in [0, 0.05) is 12.1 Å². The molecule has 0 saturated carbocycles. The first kappa shape index (κ1) is 20.1. The highest BCUT2D eigenvalue weighted by molar-refractivity contribution is 5.87. The highest BCUT2D eigenvalue weighted by atomic mass is 16.5. The summed E-state index contributed by atoms with van der Waals surface area (Å²) in [6.45, 7) is 3.07. The number of amides is 1. The van der Waals surface area contributed by atoms with Gasteiger partial charge in [-0.1, -0.05) is 53.2 Å². The molecule has 1 N–H and O–H groups in total. The average Bonchev–Trinajstić information content (AvgIpc) is 3.48. The molecule has 0 spiro atoms. The van der Waals surface area contributed by atoms with E-state index < -0.39 is 6.09 Å². The molecule has 1 atom stereocenters. The largest absolute Gasteiger partial charge is 0.489 e. The average molecular weight is 429 g/mol. The molecule has 7 heteroatoms. The van der Waals surface area contributed by atoms with Gasteiger partial charge in [0.2, 0.25) is 11.7 Å². The van der Waals surface area contributed by atoms with Crippen LogP contribution in [0.2, 0.25) is 0 Å². The van der Waals surface area contributed by atoms with Gasteiger partial charge in [0.1, 0.15) is 18.4 Å². The Morgan fingerprint density at radius 2 is 1.91 bits per heavy atom. The highest BCUT2D eigenvalue weighted by Gasteiger charge is 2.34. The third kappa shape index (κ3) is 4.01. The summed E-state index contributed by atoms with van der Waals surface area (Å²) in [5.74, 6) is 1.61. The lowest BCUT2D eigenvalue weighted by molar-refractivity contribution is 0.131. The minimum atomic E-state index is -0.960. The molecule has 0 radical (unpaired) electrons. The summed E-state index contributed by atoms with van der Waals surface area (Å²) in [5, 5.41) is 15.5. The number of benzene rings is 3. The quantitative estimate of drug-likeness (QED) is 0.445. The number of likely N-dealkylation sites (tertiary alicyclic amines) is 1. The summed E-state index contributed by atoms with van der Waals surface area (Å²) in [4.78, 5) is 17.2. The maximum atomic E-state index is 11.4. The highest BCUT2D eigenvalue weighted by Crippen LogP contribution is 2.32. The van der Waals surface area contributed by atoms with E-state index in [2.05, 4.69) is 41.3 Å². The molecule has 1 fully saturated rings. The fourth-order valence-corrected chi connectivity index (χ4v) is 4.04. The van der Waals surface area contributed by atoms with E-state index in [0.717, 1.165) is 34.1 Å². The molecule has 162 valence electrons. The van der Waals surface area contributed by atoms with Gasteiger partial charge < -0.3 is 14.4 Å². The van der Waals surface area contributed by atoms with Crippen LogP contribution >= 0.6 is 0 Å². The minimum Gasteiger partial charge on any atom is -0.489 e. The number of hydrogen-bond donors (Lipinski definition) is 1. The van der Waals surface area contributed by atoms with Crippen LogP contribution in [-0.2, 0) is 6.61 Å². The van der Waals surface area contributed by atoms with Crippen LogP contribution in [0.25, 0.3) is 22.2 Å². The van der Waals surface area contributed by atoms with Crippen molar-refractivity contribution in [2.75, 3.05) is 6.54 Å². The summed E-state index contributed by atoms with van der Waals surface area (Å²) in [5.41, 5.74) is 3.18. The lowest BCUT2D eigenvalue weighted by atomic mass is 10.1. The first-order chi connectivity index (χ1) is 15.6. The van der Waals surface area contributed by atoms with Crippen molar-refractivity contribution in [3.8, 4) is 17.1 Å². The van der Waals surface area contributed by atoms with Gasteiger partial charge in [0.25, 0.3) is 0 Å². The molecule has 1 saturated heterocycles. The number of rotatable bonds is 5.